The molecule has 5 nitrogen and oxygen atoms in total. The van der Waals surface area contributed by atoms with Crippen LogP contribution in [0.25, 0.3) is 0 Å². The Bertz CT molecular complexity index is 597. The molecular weight excluding hydrogens is 328 g/mol. The van der Waals surface area contributed by atoms with E-state index in [9.17, 15) is 14.4 Å². The van der Waals surface area contributed by atoms with Crippen molar-refractivity contribution < 1.29 is 14.4 Å². The summed E-state index contributed by atoms with van der Waals surface area (Å²) in [4.78, 5) is 35.3. The second kappa shape index (κ2) is 12.9. The number of benzene rings is 1. The van der Waals surface area contributed by atoms with Gasteiger partial charge in [0.1, 0.15) is 0 Å². The Morgan fingerprint density at radius 3 is 2.42 bits per heavy atom. The molecule has 142 valence electrons. The number of primary amides is 1. The van der Waals surface area contributed by atoms with E-state index in [1.165, 1.54) is 12.5 Å². The summed E-state index contributed by atoms with van der Waals surface area (Å²) >= 11 is 0. The van der Waals surface area contributed by atoms with Crippen molar-refractivity contribution in [2.24, 2.45) is 5.73 Å². The fraction of sp³-hybridized carbons (Fsp3) is 0.476. The summed E-state index contributed by atoms with van der Waals surface area (Å²) in [6.07, 6.45) is 8.98. The average molecular weight is 358 g/mol. The van der Waals surface area contributed by atoms with Gasteiger partial charge in [0, 0.05) is 12.8 Å². The summed E-state index contributed by atoms with van der Waals surface area (Å²) in [5, 5.41) is 2.78. The lowest BCUT2D eigenvalue weighted by Gasteiger charge is -2.13. The molecule has 0 saturated carbocycles. The van der Waals surface area contributed by atoms with E-state index in [1.807, 2.05) is 30.3 Å². The van der Waals surface area contributed by atoms with E-state index >= 15 is 0 Å². The molecule has 3 N–H and O–H groups in total. The minimum Gasteiger partial charge on any atom is -0.370 e. The second-order valence-corrected chi connectivity index (χ2v) is 6.50. The molecule has 1 aromatic carbocycles. The van der Waals surface area contributed by atoms with E-state index < -0.39 is 11.9 Å². The van der Waals surface area contributed by atoms with Crippen molar-refractivity contribution in [1.29, 1.82) is 0 Å². The van der Waals surface area contributed by atoms with E-state index in [1.54, 1.807) is 6.08 Å². The molecule has 1 rings (SSSR count). The second-order valence-electron chi connectivity index (χ2n) is 6.50. The number of hydrogen-bond acceptors (Lipinski definition) is 3. The minimum atomic E-state index is -0.546. The van der Waals surface area contributed by atoms with Gasteiger partial charge < -0.3 is 11.1 Å². The maximum atomic E-state index is 12.0. The number of unbranched alkanes of at least 4 members (excludes halogenated alkanes) is 4. The standard InChI is InChI=1S/C21H30N2O3/c1-2-3-4-5-9-12-21(26)23-18(16-20(22)25)13-14-19(24)15-17-10-7-6-8-11-17/h6-8,10-11,13-14,18H,2-5,9,12,15-16H2,1H3,(H2,22,25)(H,23,26)/b14-13+/t18-/m0/s1. The average Bonchev–Trinajstić information content (AvgIpc) is 2.60. The number of ketones is 1. The molecule has 1 atom stereocenters. The van der Waals surface area contributed by atoms with Crippen molar-refractivity contribution in [3.8, 4) is 0 Å². The van der Waals surface area contributed by atoms with Gasteiger partial charge in [-0.3, -0.25) is 14.4 Å². The molecule has 1 aromatic rings. The Kier molecular flexibility index (Phi) is 10.7. The molecule has 0 saturated heterocycles. The molecule has 0 unspecified atom stereocenters. The molecule has 5 heteroatoms. The molecule has 2 amide bonds. The van der Waals surface area contributed by atoms with E-state index in [0.29, 0.717) is 6.42 Å². The lowest BCUT2D eigenvalue weighted by atomic mass is 10.1. The normalized spacial score (nSPS) is 12.0. The van der Waals surface area contributed by atoms with E-state index in [-0.39, 0.29) is 24.5 Å². The van der Waals surface area contributed by atoms with Crippen LogP contribution in [0, 0.1) is 0 Å². The number of amides is 2. The fourth-order valence-electron chi connectivity index (χ4n) is 2.63. The zero-order chi connectivity index (χ0) is 19.2. The van der Waals surface area contributed by atoms with Crippen LogP contribution in [0.5, 0.6) is 0 Å². The highest BCUT2D eigenvalue weighted by Crippen LogP contribution is 2.06. The first-order valence-corrected chi connectivity index (χ1v) is 9.34. The van der Waals surface area contributed by atoms with Crippen molar-refractivity contribution in [2.45, 2.75) is 64.3 Å². The third-order valence-corrected chi connectivity index (χ3v) is 4.01. The smallest absolute Gasteiger partial charge is 0.220 e. The van der Waals surface area contributed by atoms with Crippen LogP contribution in [0.15, 0.2) is 42.5 Å². The van der Waals surface area contributed by atoms with Crippen LogP contribution >= 0.6 is 0 Å². The molecule has 0 aliphatic heterocycles. The van der Waals surface area contributed by atoms with Crippen molar-refractivity contribution >= 4 is 17.6 Å². The summed E-state index contributed by atoms with van der Waals surface area (Å²) in [7, 11) is 0. The molecular formula is C21H30N2O3. The highest BCUT2D eigenvalue weighted by Gasteiger charge is 2.12. The Labute approximate surface area is 156 Å². The quantitative estimate of drug-likeness (QED) is 0.419. The molecule has 0 bridgehead atoms. The molecule has 0 aliphatic rings. The van der Waals surface area contributed by atoms with Gasteiger partial charge in [-0.15, -0.1) is 0 Å². The van der Waals surface area contributed by atoms with Crippen molar-refractivity contribution in [1.82, 2.24) is 5.32 Å². The first-order chi connectivity index (χ1) is 12.5. The first kappa shape index (κ1) is 21.6. The Morgan fingerprint density at radius 2 is 1.77 bits per heavy atom. The molecule has 0 aliphatic carbocycles. The van der Waals surface area contributed by atoms with Gasteiger partial charge in [-0.1, -0.05) is 69.0 Å². The number of allylic oxidation sites excluding steroid dienone is 1. The highest BCUT2D eigenvalue weighted by atomic mass is 16.2. The van der Waals surface area contributed by atoms with Crippen molar-refractivity contribution in [3.63, 3.8) is 0 Å². The van der Waals surface area contributed by atoms with E-state index in [2.05, 4.69) is 12.2 Å². The van der Waals surface area contributed by atoms with Gasteiger partial charge in [0.25, 0.3) is 0 Å². The molecule has 0 fully saturated rings. The summed E-state index contributed by atoms with van der Waals surface area (Å²) < 4.78 is 0. The summed E-state index contributed by atoms with van der Waals surface area (Å²) in [5.74, 6) is -0.717. The molecule has 0 aromatic heterocycles. The number of carbonyl (C=O) groups is 3. The molecule has 0 radical (unpaired) electrons. The maximum absolute atomic E-state index is 12.0. The van der Waals surface area contributed by atoms with Crippen LogP contribution in [-0.4, -0.2) is 23.6 Å². The van der Waals surface area contributed by atoms with Gasteiger partial charge in [0.05, 0.1) is 12.5 Å². The zero-order valence-corrected chi connectivity index (χ0v) is 15.6. The molecule has 0 spiro atoms. The van der Waals surface area contributed by atoms with E-state index in [0.717, 1.165) is 31.2 Å². The lowest BCUT2D eigenvalue weighted by Crippen LogP contribution is -2.36. The van der Waals surface area contributed by atoms with Crippen LogP contribution in [0.3, 0.4) is 0 Å². The Balaban J connectivity index is 2.47. The summed E-state index contributed by atoms with van der Waals surface area (Å²) in [6.45, 7) is 2.15. The Hall–Kier alpha value is -2.43. The monoisotopic (exact) mass is 358 g/mol. The summed E-state index contributed by atoms with van der Waals surface area (Å²) in [6, 6.07) is 8.87. The number of nitrogens with two attached hydrogens (primary N) is 1. The largest absolute Gasteiger partial charge is 0.370 e. The van der Waals surface area contributed by atoms with Crippen molar-refractivity contribution in [3.05, 3.63) is 48.0 Å². The third kappa shape index (κ3) is 10.4. The van der Waals surface area contributed by atoms with E-state index in [4.69, 9.17) is 5.73 Å². The highest BCUT2D eigenvalue weighted by molar-refractivity contribution is 5.91. The third-order valence-electron chi connectivity index (χ3n) is 4.01. The topological polar surface area (TPSA) is 89.3 Å². The zero-order valence-electron chi connectivity index (χ0n) is 15.6. The predicted molar refractivity (Wildman–Crippen MR) is 103 cm³/mol. The number of carbonyl (C=O) groups excluding carboxylic acids is 3. The molecule has 0 heterocycles. The summed E-state index contributed by atoms with van der Waals surface area (Å²) in [5.41, 5.74) is 6.17. The maximum Gasteiger partial charge on any atom is 0.220 e. The fourth-order valence-corrected chi connectivity index (χ4v) is 2.63. The van der Waals surface area contributed by atoms with Gasteiger partial charge in [0.2, 0.25) is 11.8 Å². The van der Waals surface area contributed by atoms with Crippen LogP contribution < -0.4 is 11.1 Å². The first-order valence-electron chi connectivity index (χ1n) is 9.34. The van der Waals surface area contributed by atoms with Gasteiger partial charge in [-0.25, -0.2) is 0 Å². The van der Waals surface area contributed by atoms with Gasteiger partial charge in [-0.2, -0.15) is 0 Å². The van der Waals surface area contributed by atoms with Gasteiger partial charge >= 0.3 is 0 Å². The van der Waals surface area contributed by atoms with Crippen LogP contribution in [-0.2, 0) is 20.8 Å². The lowest BCUT2D eigenvalue weighted by molar-refractivity contribution is -0.122. The SMILES string of the molecule is CCCCCCCC(=O)N[C@@H](/C=C/C(=O)Cc1ccccc1)CC(N)=O. The number of hydrogen-bond donors (Lipinski definition) is 2. The van der Waals surface area contributed by atoms with Crippen LogP contribution in [0.1, 0.15) is 57.4 Å². The van der Waals surface area contributed by atoms with Gasteiger partial charge in [0.15, 0.2) is 5.78 Å². The minimum absolute atomic E-state index is 0.0172. The predicted octanol–water partition coefficient (Wildman–Crippen LogP) is 3.08. The molecule has 26 heavy (non-hydrogen) atoms. The van der Waals surface area contributed by atoms with Crippen molar-refractivity contribution in [2.75, 3.05) is 0 Å². The van der Waals surface area contributed by atoms with Crippen LogP contribution in [0.2, 0.25) is 0 Å². The van der Waals surface area contributed by atoms with Gasteiger partial charge in [-0.05, 0) is 18.1 Å². The number of nitrogens with one attached hydrogen (secondary N) is 1. The number of rotatable bonds is 13. The Morgan fingerprint density at radius 1 is 1.08 bits per heavy atom. The van der Waals surface area contributed by atoms with Crippen LogP contribution in [0.4, 0.5) is 0 Å².